The Morgan fingerprint density at radius 3 is 3.00 bits per heavy atom. The molecule has 0 spiro atoms. The minimum absolute atomic E-state index is 0.0240. The molecular formula is C18H18N4O2. The fraction of sp³-hybridized carbons (Fsp3) is 0.278. The van der Waals surface area contributed by atoms with E-state index in [0.29, 0.717) is 18.5 Å². The second-order valence-corrected chi connectivity index (χ2v) is 6.15. The molecule has 6 nitrogen and oxygen atoms in total. The lowest BCUT2D eigenvalue weighted by Crippen LogP contribution is -2.38. The van der Waals surface area contributed by atoms with Crippen molar-refractivity contribution in [3.8, 4) is 5.88 Å². The highest BCUT2D eigenvalue weighted by atomic mass is 16.3. The van der Waals surface area contributed by atoms with E-state index < -0.39 is 0 Å². The van der Waals surface area contributed by atoms with E-state index in [1.807, 2.05) is 42.2 Å². The molecule has 1 amide bonds. The van der Waals surface area contributed by atoms with Gasteiger partial charge < -0.3 is 10.0 Å². The van der Waals surface area contributed by atoms with E-state index >= 15 is 0 Å². The number of fused-ring (bicyclic) bond motifs is 2. The lowest BCUT2D eigenvalue weighted by Gasteiger charge is -2.32. The van der Waals surface area contributed by atoms with Crippen LogP contribution in [0.15, 0.2) is 36.5 Å². The molecule has 0 bridgehead atoms. The average molecular weight is 322 g/mol. The van der Waals surface area contributed by atoms with Crippen LogP contribution in [0.25, 0.3) is 10.9 Å². The van der Waals surface area contributed by atoms with E-state index in [1.54, 1.807) is 13.2 Å². The summed E-state index contributed by atoms with van der Waals surface area (Å²) in [6, 6.07) is 9.21. The normalized spacial score (nSPS) is 17.1. The number of benzene rings is 1. The molecule has 0 radical (unpaired) electrons. The van der Waals surface area contributed by atoms with Gasteiger partial charge >= 0.3 is 0 Å². The lowest BCUT2D eigenvalue weighted by atomic mass is 9.99. The first-order valence-electron chi connectivity index (χ1n) is 7.96. The molecular weight excluding hydrogens is 304 g/mol. The first-order valence-corrected chi connectivity index (χ1v) is 7.96. The Bertz CT molecular complexity index is 947. The topological polar surface area (TPSA) is 71.2 Å². The van der Waals surface area contributed by atoms with Gasteiger partial charge in [0.25, 0.3) is 5.91 Å². The third-order valence-electron chi connectivity index (χ3n) is 4.72. The Labute approximate surface area is 139 Å². The Morgan fingerprint density at radius 1 is 1.33 bits per heavy atom. The molecule has 3 heterocycles. The molecule has 0 aliphatic carbocycles. The van der Waals surface area contributed by atoms with Crippen molar-refractivity contribution in [3.63, 3.8) is 0 Å². The third kappa shape index (κ3) is 2.14. The van der Waals surface area contributed by atoms with Crippen LogP contribution in [-0.4, -0.2) is 37.2 Å². The van der Waals surface area contributed by atoms with Gasteiger partial charge in [0.1, 0.15) is 0 Å². The van der Waals surface area contributed by atoms with Crippen LogP contribution in [0.4, 0.5) is 0 Å². The van der Waals surface area contributed by atoms with E-state index in [1.165, 1.54) is 4.68 Å². The van der Waals surface area contributed by atoms with Crippen molar-refractivity contribution in [1.29, 1.82) is 0 Å². The molecule has 1 aliphatic heterocycles. The number of pyridine rings is 1. The zero-order valence-corrected chi connectivity index (χ0v) is 13.6. The zero-order valence-electron chi connectivity index (χ0n) is 13.6. The molecule has 0 saturated heterocycles. The number of aromatic hydroxyl groups is 1. The molecule has 6 heteroatoms. The number of carbonyl (C=O) groups is 1. The molecule has 3 aromatic rings. The number of aryl methyl sites for hydroxylation is 1. The van der Waals surface area contributed by atoms with Gasteiger partial charge in [-0.15, -0.1) is 0 Å². The lowest BCUT2D eigenvalue weighted by molar-refractivity contribution is 0.0673. The van der Waals surface area contributed by atoms with Crippen LogP contribution in [-0.2, 0) is 13.5 Å². The van der Waals surface area contributed by atoms with Crippen LogP contribution in [0.1, 0.15) is 34.6 Å². The fourth-order valence-electron chi connectivity index (χ4n) is 3.38. The Kier molecular flexibility index (Phi) is 3.26. The summed E-state index contributed by atoms with van der Waals surface area (Å²) in [5, 5.41) is 15.4. The molecule has 0 fully saturated rings. The van der Waals surface area contributed by atoms with Gasteiger partial charge in [0, 0.05) is 36.3 Å². The average Bonchev–Trinajstić information content (AvgIpc) is 2.90. The van der Waals surface area contributed by atoms with E-state index in [2.05, 4.69) is 10.1 Å². The van der Waals surface area contributed by atoms with Crippen molar-refractivity contribution >= 4 is 16.8 Å². The third-order valence-corrected chi connectivity index (χ3v) is 4.72. The fourth-order valence-corrected chi connectivity index (χ4v) is 3.38. The molecule has 1 aliphatic rings. The van der Waals surface area contributed by atoms with Crippen molar-refractivity contribution in [1.82, 2.24) is 19.7 Å². The van der Waals surface area contributed by atoms with Crippen molar-refractivity contribution in [2.24, 2.45) is 7.05 Å². The quantitative estimate of drug-likeness (QED) is 0.747. The molecule has 4 rings (SSSR count). The minimum Gasteiger partial charge on any atom is -0.493 e. The van der Waals surface area contributed by atoms with Gasteiger partial charge in [-0.25, -0.2) is 4.68 Å². The Balaban J connectivity index is 1.69. The smallest absolute Gasteiger partial charge is 0.254 e. The van der Waals surface area contributed by atoms with E-state index in [4.69, 9.17) is 0 Å². The number of amides is 1. The number of aromatic nitrogens is 3. The molecule has 1 aromatic carbocycles. The summed E-state index contributed by atoms with van der Waals surface area (Å²) in [6.45, 7) is 2.52. The summed E-state index contributed by atoms with van der Waals surface area (Å²) >= 11 is 0. The van der Waals surface area contributed by atoms with Gasteiger partial charge in [0.2, 0.25) is 5.88 Å². The van der Waals surface area contributed by atoms with Gasteiger partial charge in [-0.1, -0.05) is 6.07 Å². The summed E-state index contributed by atoms with van der Waals surface area (Å²) in [4.78, 5) is 19.1. The number of carbonyl (C=O) groups excluding carboxylic acids is 1. The molecule has 24 heavy (non-hydrogen) atoms. The molecule has 0 saturated carbocycles. The number of hydrogen-bond acceptors (Lipinski definition) is 4. The predicted octanol–water partition coefficient (Wildman–Crippen LogP) is 2.43. The molecule has 1 atom stereocenters. The first kappa shape index (κ1) is 14.7. The van der Waals surface area contributed by atoms with E-state index in [-0.39, 0.29) is 17.8 Å². The number of nitrogens with zero attached hydrogens (tertiary/aromatic N) is 4. The van der Waals surface area contributed by atoms with Crippen LogP contribution >= 0.6 is 0 Å². The van der Waals surface area contributed by atoms with Gasteiger partial charge in [-0.2, -0.15) is 5.10 Å². The van der Waals surface area contributed by atoms with Crippen LogP contribution in [0.5, 0.6) is 5.88 Å². The highest BCUT2D eigenvalue weighted by Crippen LogP contribution is 2.34. The standard InChI is InChI=1S/C18H18N4O2/c1-11-16-14(18(24)21(2)20-16)7-9-22(11)17(23)13-5-6-15-12(10-13)4-3-8-19-15/h3-6,8,10-11,24H,7,9H2,1-2H3/t11-/m0/s1. The number of hydrogen-bond donors (Lipinski definition) is 1. The van der Waals surface area contributed by atoms with E-state index in [0.717, 1.165) is 22.2 Å². The monoisotopic (exact) mass is 322 g/mol. The largest absolute Gasteiger partial charge is 0.493 e. The van der Waals surface area contributed by atoms with Crippen molar-refractivity contribution in [2.75, 3.05) is 6.54 Å². The Morgan fingerprint density at radius 2 is 2.17 bits per heavy atom. The van der Waals surface area contributed by atoms with Gasteiger partial charge in [-0.05, 0) is 37.6 Å². The minimum atomic E-state index is -0.169. The second-order valence-electron chi connectivity index (χ2n) is 6.15. The van der Waals surface area contributed by atoms with Gasteiger partial charge in [0.15, 0.2) is 0 Å². The van der Waals surface area contributed by atoms with Crippen LogP contribution in [0, 0.1) is 0 Å². The van der Waals surface area contributed by atoms with Crippen molar-refractivity contribution in [3.05, 3.63) is 53.3 Å². The molecule has 122 valence electrons. The van der Waals surface area contributed by atoms with Crippen molar-refractivity contribution < 1.29 is 9.90 Å². The predicted molar refractivity (Wildman–Crippen MR) is 89.8 cm³/mol. The van der Waals surface area contributed by atoms with Crippen molar-refractivity contribution in [2.45, 2.75) is 19.4 Å². The summed E-state index contributed by atoms with van der Waals surface area (Å²) in [6.07, 6.45) is 2.35. The summed E-state index contributed by atoms with van der Waals surface area (Å²) in [5.41, 5.74) is 3.14. The van der Waals surface area contributed by atoms with Crippen LogP contribution in [0.3, 0.4) is 0 Å². The summed E-state index contributed by atoms with van der Waals surface area (Å²) in [5.74, 6) is 0.171. The SMILES string of the molecule is C[C@H]1c2nn(C)c(O)c2CCN1C(=O)c1ccc2ncccc2c1. The highest BCUT2D eigenvalue weighted by Gasteiger charge is 2.33. The summed E-state index contributed by atoms with van der Waals surface area (Å²) in [7, 11) is 1.71. The maximum Gasteiger partial charge on any atom is 0.254 e. The maximum atomic E-state index is 13.0. The van der Waals surface area contributed by atoms with E-state index in [9.17, 15) is 9.90 Å². The van der Waals surface area contributed by atoms with Gasteiger partial charge in [0.05, 0.1) is 17.3 Å². The highest BCUT2D eigenvalue weighted by molar-refractivity contribution is 5.98. The van der Waals surface area contributed by atoms with Crippen LogP contribution in [0.2, 0.25) is 0 Å². The number of rotatable bonds is 1. The first-order chi connectivity index (χ1) is 11.6. The zero-order chi connectivity index (χ0) is 16.8. The summed E-state index contributed by atoms with van der Waals surface area (Å²) < 4.78 is 1.47. The molecule has 2 aromatic heterocycles. The second kappa shape index (κ2) is 5.33. The Hall–Kier alpha value is -2.89. The van der Waals surface area contributed by atoms with Gasteiger partial charge in [-0.3, -0.25) is 9.78 Å². The van der Waals surface area contributed by atoms with Crippen LogP contribution < -0.4 is 0 Å². The molecule has 1 N–H and O–H groups in total. The maximum absolute atomic E-state index is 13.0. The molecule has 0 unspecified atom stereocenters.